The lowest BCUT2D eigenvalue weighted by Crippen LogP contribution is -2.12. The van der Waals surface area contributed by atoms with E-state index < -0.39 is 0 Å². The van der Waals surface area contributed by atoms with Gasteiger partial charge < -0.3 is 5.32 Å². The minimum absolute atomic E-state index is 0.153. The first-order valence-electron chi connectivity index (χ1n) is 6.40. The van der Waals surface area contributed by atoms with Gasteiger partial charge in [-0.15, -0.1) is 0 Å². The van der Waals surface area contributed by atoms with Gasteiger partial charge in [-0.1, -0.05) is 18.2 Å². The van der Waals surface area contributed by atoms with Gasteiger partial charge >= 0.3 is 0 Å². The van der Waals surface area contributed by atoms with Crippen molar-refractivity contribution in [2.24, 2.45) is 0 Å². The number of nitrogens with zero attached hydrogens (tertiary/aromatic N) is 2. The van der Waals surface area contributed by atoms with Crippen LogP contribution >= 0.6 is 15.9 Å². The van der Waals surface area contributed by atoms with Crippen molar-refractivity contribution in [1.82, 2.24) is 9.78 Å². The van der Waals surface area contributed by atoms with Crippen molar-refractivity contribution in [2.75, 3.05) is 5.32 Å². The second-order valence-electron chi connectivity index (χ2n) is 4.43. The third-order valence-corrected chi connectivity index (χ3v) is 3.68. The van der Waals surface area contributed by atoms with Gasteiger partial charge in [0.1, 0.15) is 0 Å². The van der Waals surface area contributed by atoms with Crippen LogP contribution < -0.4 is 5.32 Å². The standard InChI is InChI=1S/C16H12BrN3O/c17-15-8-2-1-7-14(15)16(21)19-12-5-3-6-13(11-12)20-10-4-9-18-20/h1-11H,(H,19,21). The molecule has 0 atom stereocenters. The molecule has 4 nitrogen and oxygen atoms in total. The number of carbonyl (C=O) groups excluding carboxylic acids is 1. The van der Waals surface area contributed by atoms with Crippen LogP contribution in [0, 0.1) is 0 Å². The van der Waals surface area contributed by atoms with Crippen molar-refractivity contribution in [3.8, 4) is 5.69 Å². The Morgan fingerprint density at radius 1 is 1.10 bits per heavy atom. The van der Waals surface area contributed by atoms with Crippen LogP contribution in [0.2, 0.25) is 0 Å². The molecule has 1 heterocycles. The molecule has 2 aromatic carbocycles. The van der Waals surface area contributed by atoms with E-state index in [2.05, 4.69) is 26.3 Å². The fraction of sp³-hybridized carbons (Fsp3) is 0. The van der Waals surface area contributed by atoms with Gasteiger partial charge in [0.25, 0.3) is 5.91 Å². The third kappa shape index (κ3) is 3.03. The molecule has 0 aliphatic carbocycles. The summed E-state index contributed by atoms with van der Waals surface area (Å²) in [4.78, 5) is 12.3. The molecule has 1 amide bonds. The van der Waals surface area contributed by atoms with Crippen LogP contribution in [0.15, 0.2) is 71.5 Å². The molecular weight excluding hydrogens is 330 g/mol. The number of hydrogen-bond donors (Lipinski definition) is 1. The molecular formula is C16H12BrN3O. The highest BCUT2D eigenvalue weighted by Gasteiger charge is 2.09. The van der Waals surface area contributed by atoms with E-state index in [1.54, 1.807) is 16.9 Å². The van der Waals surface area contributed by atoms with Crippen molar-refractivity contribution in [1.29, 1.82) is 0 Å². The Hall–Kier alpha value is -2.40. The zero-order chi connectivity index (χ0) is 14.7. The first kappa shape index (κ1) is 13.6. The molecule has 1 N–H and O–H groups in total. The number of hydrogen-bond acceptors (Lipinski definition) is 2. The fourth-order valence-corrected chi connectivity index (χ4v) is 2.46. The summed E-state index contributed by atoms with van der Waals surface area (Å²) in [6.07, 6.45) is 3.57. The Morgan fingerprint density at radius 3 is 2.71 bits per heavy atom. The zero-order valence-corrected chi connectivity index (χ0v) is 12.6. The van der Waals surface area contributed by atoms with Crippen LogP contribution in [0.1, 0.15) is 10.4 Å². The minimum Gasteiger partial charge on any atom is -0.322 e. The molecule has 0 saturated heterocycles. The average Bonchev–Trinajstić information content (AvgIpc) is 3.02. The van der Waals surface area contributed by atoms with Crippen LogP contribution in [-0.2, 0) is 0 Å². The lowest BCUT2D eigenvalue weighted by atomic mass is 10.2. The second kappa shape index (κ2) is 5.93. The largest absolute Gasteiger partial charge is 0.322 e. The quantitative estimate of drug-likeness (QED) is 0.785. The van der Waals surface area contributed by atoms with Crippen LogP contribution in [-0.4, -0.2) is 15.7 Å². The number of carbonyl (C=O) groups is 1. The molecule has 0 spiro atoms. The molecule has 3 rings (SSSR count). The number of anilines is 1. The highest BCUT2D eigenvalue weighted by Crippen LogP contribution is 2.19. The molecule has 104 valence electrons. The molecule has 0 unspecified atom stereocenters. The molecule has 0 radical (unpaired) electrons. The van der Waals surface area contributed by atoms with E-state index in [0.29, 0.717) is 5.56 Å². The monoisotopic (exact) mass is 341 g/mol. The molecule has 0 bridgehead atoms. The molecule has 1 aromatic heterocycles. The van der Waals surface area contributed by atoms with E-state index in [1.807, 2.05) is 54.7 Å². The summed E-state index contributed by atoms with van der Waals surface area (Å²) < 4.78 is 2.51. The van der Waals surface area contributed by atoms with E-state index in [9.17, 15) is 4.79 Å². The first-order chi connectivity index (χ1) is 10.2. The molecule has 0 aliphatic rings. The van der Waals surface area contributed by atoms with Crippen LogP contribution in [0.3, 0.4) is 0 Å². The molecule has 5 heteroatoms. The Labute approximate surface area is 130 Å². The SMILES string of the molecule is O=C(Nc1cccc(-n2cccn2)c1)c1ccccc1Br. The maximum absolute atomic E-state index is 12.3. The summed E-state index contributed by atoms with van der Waals surface area (Å²) in [5.41, 5.74) is 2.22. The predicted molar refractivity (Wildman–Crippen MR) is 85.7 cm³/mol. The number of nitrogens with one attached hydrogen (secondary N) is 1. The van der Waals surface area contributed by atoms with Crippen LogP contribution in [0.4, 0.5) is 5.69 Å². The number of aromatic nitrogens is 2. The normalized spacial score (nSPS) is 10.3. The summed E-state index contributed by atoms with van der Waals surface area (Å²) in [5, 5.41) is 7.07. The van der Waals surface area contributed by atoms with Gasteiger partial charge in [-0.25, -0.2) is 4.68 Å². The summed E-state index contributed by atoms with van der Waals surface area (Å²) >= 11 is 3.38. The summed E-state index contributed by atoms with van der Waals surface area (Å²) in [6, 6.07) is 16.7. The summed E-state index contributed by atoms with van der Waals surface area (Å²) in [6.45, 7) is 0. The van der Waals surface area contributed by atoms with Crippen molar-refractivity contribution >= 4 is 27.5 Å². The Kier molecular flexibility index (Phi) is 3.83. The Morgan fingerprint density at radius 2 is 1.95 bits per heavy atom. The van der Waals surface area contributed by atoms with Crippen LogP contribution in [0.25, 0.3) is 5.69 Å². The molecule has 3 aromatic rings. The molecule has 0 saturated carbocycles. The van der Waals surface area contributed by atoms with Crippen molar-refractivity contribution in [3.05, 3.63) is 77.0 Å². The first-order valence-corrected chi connectivity index (χ1v) is 7.19. The van der Waals surface area contributed by atoms with Gasteiger partial charge in [0.05, 0.1) is 11.3 Å². The lowest BCUT2D eigenvalue weighted by molar-refractivity contribution is 0.102. The van der Waals surface area contributed by atoms with Gasteiger partial charge in [0.15, 0.2) is 0 Å². The molecule has 21 heavy (non-hydrogen) atoms. The average molecular weight is 342 g/mol. The van der Waals surface area contributed by atoms with Gasteiger partial charge in [-0.3, -0.25) is 4.79 Å². The predicted octanol–water partition coefficient (Wildman–Crippen LogP) is 3.89. The van der Waals surface area contributed by atoms with E-state index in [-0.39, 0.29) is 5.91 Å². The number of rotatable bonds is 3. The number of amides is 1. The maximum atomic E-state index is 12.3. The topological polar surface area (TPSA) is 46.9 Å². The van der Waals surface area contributed by atoms with Gasteiger partial charge in [-0.05, 0) is 52.3 Å². The number of halogens is 1. The van der Waals surface area contributed by atoms with Gasteiger partial charge in [0.2, 0.25) is 0 Å². The Bertz CT molecular complexity index is 769. The fourth-order valence-electron chi connectivity index (χ4n) is 1.99. The van der Waals surface area contributed by atoms with Gasteiger partial charge in [0, 0.05) is 22.6 Å². The van der Waals surface area contributed by atoms with E-state index in [4.69, 9.17) is 0 Å². The van der Waals surface area contributed by atoms with Crippen molar-refractivity contribution < 1.29 is 4.79 Å². The van der Waals surface area contributed by atoms with Crippen LogP contribution in [0.5, 0.6) is 0 Å². The maximum Gasteiger partial charge on any atom is 0.256 e. The zero-order valence-electron chi connectivity index (χ0n) is 11.0. The highest BCUT2D eigenvalue weighted by molar-refractivity contribution is 9.10. The third-order valence-electron chi connectivity index (χ3n) is 2.99. The van der Waals surface area contributed by atoms with E-state index >= 15 is 0 Å². The summed E-state index contributed by atoms with van der Waals surface area (Å²) in [5.74, 6) is -0.153. The summed E-state index contributed by atoms with van der Waals surface area (Å²) in [7, 11) is 0. The molecule has 0 fully saturated rings. The van der Waals surface area contributed by atoms with E-state index in [1.165, 1.54) is 0 Å². The Balaban J connectivity index is 1.84. The minimum atomic E-state index is -0.153. The van der Waals surface area contributed by atoms with Gasteiger partial charge in [-0.2, -0.15) is 5.10 Å². The van der Waals surface area contributed by atoms with Crippen molar-refractivity contribution in [3.63, 3.8) is 0 Å². The van der Waals surface area contributed by atoms with Crippen molar-refractivity contribution in [2.45, 2.75) is 0 Å². The van der Waals surface area contributed by atoms with E-state index in [0.717, 1.165) is 15.8 Å². The highest BCUT2D eigenvalue weighted by atomic mass is 79.9. The number of benzene rings is 2. The molecule has 0 aliphatic heterocycles. The lowest BCUT2D eigenvalue weighted by Gasteiger charge is -2.08. The smallest absolute Gasteiger partial charge is 0.256 e. The second-order valence-corrected chi connectivity index (χ2v) is 5.29.